The van der Waals surface area contributed by atoms with Crippen LogP contribution in [0.15, 0.2) is 0 Å². The third kappa shape index (κ3) is 11.5. The Morgan fingerprint density at radius 2 is 1.58 bits per heavy atom. The second-order valence-electron chi connectivity index (χ2n) is 6.51. The number of carbonyl (C=O) groups excluding carboxylic acids is 2. The van der Waals surface area contributed by atoms with E-state index in [9.17, 15) is 26.4 Å². The lowest BCUT2D eigenvalue weighted by atomic mass is 10.2. The van der Waals surface area contributed by atoms with Crippen LogP contribution in [0.4, 0.5) is 4.79 Å². The van der Waals surface area contributed by atoms with E-state index < -0.39 is 49.0 Å². The fourth-order valence-electron chi connectivity index (χ4n) is 2.00. The predicted octanol–water partition coefficient (Wildman–Crippen LogP) is 0.698. The molecule has 0 bridgehead atoms. The Bertz CT molecular complexity index is 704. The Kier molecular flexibility index (Phi) is 8.81. The van der Waals surface area contributed by atoms with Crippen LogP contribution in [0.3, 0.4) is 0 Å². The highest BCUT2D eigenvalue weighted by Crippen LogP contribution is 2.25. The molecule has 10 nitrogen and oxygen atoms in total. The molecule has 0 aromatic carbocycles. The summed E-state index contributed by atoms with van der Waals surface area (Å²) >= 11 is 0. The highest BCUT2D eigenvalue weighted by Gasteiger charge is 2.43. The Labute approximate surface area is 158 Å². The van der Waals surface area contributed by atoms with Gasteiger partial charge in [-0.3, -0.25) is 9.08 Å². The molecule has 1 saturated heterocycles. The standard InChI is InChI=1S/C12H21NO7S.CH3ClO2S/c1-12(2,3)19-11(15)13-7-8(20-21(5,16)17)6-9(13)10(14)18-4;1-5(2,3)4/h8-9H,6-7H2,1-5H3;1H3/t8-,9+;/m1./s1. The van der Waals surface area contributed by atoms with Crippen molar-refractivity contribution in [1.29, 1.82) is 0 Å². The molecule has 0 unspecified atom stereocenters. The number of hydrogen-bond acceptors (Lipinski definition) is 9. The molecule has 0 saturated carbocycles. The highest BCUT2D eigenvalue weighted by molar-refractivity contribution is 8.13. The quantitative estimate of drug-likeness (QED) is 0.355. The molecule has 1 fully saturated rings. The second-order valence-corrected chi connectivity index (χ2v) is 11.2. The van der Waals surface area contributed by atoms with E-state index in [1.54, 1.807) is 20.8 Å². The minimum atomic E-state index is -3.68. The molecule has 0 radical (unpaired) electrons. The first kappa shape index (κ1) is 24.9. The van der Waals surface area contributed by atoms with Crippen molar-refractivity contribution in [3.8, 4) is 0 Å². The van der Waals surface area contributed by atoms with Crippen LogP contribution in [-0.4, -0.2) is 77.7 Å². The number of halogens is 1. The van der Waals surface area contributed by atoms with E-state index in [-0.39, 0.29) is 13.0 Å². The van der Waals surface area contributed by atoms with Crippen LogP contribution in [0.2, 0.25) is 0 Å². The van der Waals surface area contributed by atoms with Crippen LogP contribution < -0.4 is 0 Å². The lowest BCUT2D eigenvalue weighted by molar-refractivity contribution is -0.145. The van der Waals surface area contributed by atoms with Gasteiger partial charge in [0.15, 0.2) is 0 Å². The molecule has 1 heterocycles. The predicted molar refractivity (Wildman–Crippen MR) is 93.8 cm³/mol. The zero-order valence-electron chi connectivity index (χ0n) is 15.4. The minimum absolute atomic E-state index is 0.0407. The van der Waals surface area contributed by atoms with Crippen molar-refractivity contribution in [2.45, 2.75) is 44.9 Å². The SMILES string of the molecule is COC(=O)[C@@H]1C[C@@H](OS(C)(=O)=O)CN1C(=O)OC(C)(C)C.CS(=O)(=O)Cl. The smallest absolute Gasteiger partial charge is 0.411 e. The van der Waals surface area contributed by atoms with Crippen molar-refractivity contribution in [2.75, 3.05) is 26.2 Å². The Hall–Kier alpha value is -1.11. The van der Waals surface area contributed by atoms with Crippen molar-refractivity contribution < 1.29 is 40.1 Å². The fraction of sp³-hybridized carbons (Fsp3) is 0.846. The first-order chi connectivity index (χ1) is 11.4. The second kappa shape index (κ2) is 9.20. The molecule has 1 rings (SSSR count). The molecule has 13 heteroatoms. The van der Waals surface area contributed by atoms with Crippen molar-refractivity contribution >= 4 is 41.9 Å². The number of carbonyl (C=O) groups is 2. The average molecular weight is 438 g/mol. The van der Waals surface area contributed by atoms with Gasteiger partial charge in [-0.05, 0) is 20.8 Å². The van der Waals surface area contributed by atoms with Gasteiger partial charge in [-0.2, -0.15) is 8.42 Å². The van der Waals surface area contributed by atoms with Crippen molar-refractivity contribution in [1.82, 2.24) is 4.90 Å². The Balaban J connectivity index is 0.00000110. The molecular formula is C13H24ClNO9S2. The third-order valence-electron chi connectivity index (χ3n) is 2.67. The first-order valence-electron chi connectivity index (χ1n) is 7.28. The van der Waals surface area contributed by atoms with Gasteiger partial charge in [0.1, 0.15) is 11.6 Å². The number of esters is 1. The topological polar surface area (TPSA) is 133 Å². The molecule has 1 aliphatic rings. The van der Waals surface area contributed by atoms with E-state index >= 15 is 0 Å². The maximum Gasteiger partial charge on any atom is 0.411 e. The number of methoxy groups -OCH3 is 1. The van der Waals surface area contributed by atoms with Gasteiger partial charge in [0, 0.05) is 17.1 Å². The molecule has 1 amide bonds. The third-order valence-corrected chi connectivity index (χ3v) is 3.30. The molecule has 2 atom stereocenters. The molecule has 0 aromatic rings. The number of nitrogens with zero attached hydrogens (tertiary/aromatic N) is 1. The van der Waals surface area contributed by atoms with E-state index in [2.05, 4.69) is 15.4 Å². The van der Waals surface area contributed by atoms with Gasteiger partial charge >= 0.3 is 12.1 Å². The molecular weight excluding hydrogens is 414 g/mol. The van der Waals surface area contributed by atoms with Gasteiger partial charge in [-0.25, -0.2) is 18.0 Å². The summed E-state index contributed by atoms with van der Waals surface area (Å²) in [5.41, 5.74) is -0.729. The van der Waals surface area contributed by atoms with Gasteiger partial charge < -0.3 is 9.47 Å². The summed E-state index contributed by atoms with van der Waals surface area (Å²) in [5, 5.41) is 0. The summed E-state index contributed by atoms with van der Waals surface area (Å²) in [7, 11) is -1.18. The van der Waals surface area contributed by atoms with E-state index in [1.807, 2.05) is 0 Å². The van der Waals surface area contributed by atoms with Gasteiger partial charge in [0.2, 0.25) is 9.05 Å². The summed E-state index contributed by atoms with van der Waals surface area (Å²) in [6.07, 6.45) is 0.373. The van der Waals surface area contributed by atoms with Crippen LogP contribution in [0, 0.1) is 0 Å². The van der Waals surface area contributed by atoms with Gasteiger partial charge in [0.05, 0.1) is 32.3 Å². The monoisotopic (exact) mass is 437 g/mol. The number of amides is 1. The number of ether oxygens (including phenoxy) is 2. The molecule has 0 spiro atoms. The summed E-state index contributed by atoms with van der Waals surface area (Å²) in [6.45, 7) is 5.03. The van der Waals surface area contributed by atoms with Crippen LogP contribution in [0.5, 0.6) is 0 Å². The van der Waals surface area contributed by atoms with Crippen LogP contribution in [-0.2, 0) is 37.6 Å². The number of rotatable bonds is 3. The lowest BCUT2D eigenvalue weighted by Crippen LogP contribution is -2.44. The van der Waals surface area contributed by atoms with E-state index in [1.165, 1.54) is 7.11 Å². The number of likely N-dealkylation sites (tertiary alicyclic amines) is 1. The Morgan fingerprint density at radius 1 is 1.12 bits per heavy atom. The molecule has 0 N–H and O–H groups in total. The summed E-state index contributed by atoms with van der Waals surface area (Å²) in [4.78, 5) is 25.0. The first-order valence-corrected chi connectivity index (χ1v) is 11.8. The van der Waals surface area contributed by atoms with Crippen LogP contribution in [0.25, 0.3) is 0 Å². The largest absolute Gasteiger partial charge is 0.467 e. The zero-order chi connectivity index (χ0) is 20.9. The maximum absolute atomic E-state index is 12.1. The molecule has 0 aliphatic carbocycles. The van der Waals surface area contributed by atoms with Crippen molar-refractivity contribution in [3.63, 3.8) is 0 Å². The normalized spacial score (nSPS) is 20.8. The average Bonchev–Trinajstić information content (AvgIpc) is 2.75. The van der Waals surface area contributed by atoms with Crippen LogP contribution >= 0.6 is 10.7 Å². The van der Waals surface area contributed by atoms with E-state index in [4.69, 9.17) is 8.92 Å². The molecule has 154 valence electrons. The van der Waals surface area contributed by atoms with E-state index in [0.29, 0.717) is 0 Å². The van der Waals surface area contributed by atoms with Crippen molar-refractivity contribution in [3.05, 3.63) is 0 Å². The highest BCUT2D eigenvalue weighted by atomic mass is 35.7. The van der Waals surface area contributed by atoms with Crippen LogP contribution in [0.1, 0.15) is 27.2 Å². The molecule has 26 heavy (non-hydrogen) atoms. The number of hydrogen-bond donors (Lipinski definition) is 0. The summed E-state index contributed by atoms with van der Waals surface area (Å²) in [5.74, 6) is -0.638. The minimum Gasteiger partial charge on any atom is -0.467 e. The van der Waals surface area contributed by atoms with Gasteiger partial charge in [0.25, 0.3) is 10.1 Å². The summed E-state index contributed by atoms with van der Waals surface area (Å²) < 4.78 is 55.8. The Morgan fingerprint density at radius 3 is 1.92 bits per heavy atom. The maximum atomic E-state index is 12.1. The van der Waals surface area contributed by atoms with Gasteiger partial charge in [-0.15, -0.1) is 0 Å². The summed E-state index contributed by atoms with van der Waals surface area (Å²) in [6, 6.07) is -0.920. The lowest BCUT2D eigenvalue weighted by Gasteiger charge is -2.27. The fourth-order valence-corrected chi connectivity index (χ4v) is 2.63. The molecule has 1 aliphatic heterocycles. The zero-order valence-corrected chi connectivity index (χ0v) is 17.8. The molecule has 0 aromatic heterocycles. The van der Waals surface area contributed by atoms with Gasteiger partial charge in [-0.1, -0.05) is 0 Å². The van der Waals surface area contributed by atoms with E-state index in [0.717, 1.165) is 17.4 Å². The van der Waals surface area contributed by atoms with Crippen molar-refractivity contribution in [2.24, 2.45) is 0 Å².